The van der Waals surface area contributed by atoms with Gasteiger partial charge >= 0.3 is 0 Å². The Labute approximate surface area is 164 Å². The van der Waals surface area contributed by atoms with Crippen LogP contribution in [0.4, 0.5) is 10.1 Å². The van der Waals surface area contributed by atoms with Crippen LogP contribution in [0.1, 0.15) is 59.5 Å². The lowest BCUT2D eigenvalue weighted by molar-refractivity contribution is 0.0990. The number of benzene rings is 2. The number of anilines is 1. The molecule has 0 radical (unpaired) electrons. The van der Waals surface area contributed by atoms with Gasteiger partial charge in [-0.05, 0) is 51.5 Å². The van der Waals surface area contributed by atoms with Crippen LogP contribution in [-0.4, -0.2) is 23.7 Å². The highest BCUT2D eigenvalue weighted by molar-refractivity contribution is 6.41. The van der Waals surface area contributed by atoms with E-state index in [1.807, 2.05) is 13.8 Å². The van der Waals surface area contributed by atoms with E-state index in [0.717, 1.165) is 23.4 Å². The van der Waals surface area contributed by atoms with Crippen molar-refractivity contribution in [2.75, 3.05) is 11.4 Å². The first-order chi connectivity index (χ1) is 13.2. The third-order valence-corrected chi connectivity index (χ3v) is 5.62. The maximum Gasteiger partial charge on any atom is 0.197 e. The summed E-state index contributed by atoms with van der Waals surface area (Å²) in [6.07, 6.45) is 3.55. The van der Waals surface area contributed by atoms with Crippen molar-refractivity contribution in [3.8, 4) is 0 Å². The van der Waals surface area contributed by atoms with Gasteiger partial charge < -0.3 is 4.90 Å². The fourth-order valence-electron chi connectivity index (χ4n) is 4.36. The van der Waals surface area contributed by atoms with E-state index < -0.39 is 5.82 Å². The summed E-state index contributed by atoms with van der Waals surface area (Å²) in [7, 11) is 0. The van der Waals surface area contributed by atoms with Crippen molar-refractivity contribution >= 4 is 28.9 Å². The molecule has 2 aromatic carbocycles. The number of Topliss-reactive ketones (excluding diaryl/α,β-unsaturated/α-hetero) is 2. The highest BCUT2D eigenvalue weighted by atomic mass is 19.1. The number of halogens is 1. The number of likely N-dealkylation sites (N-methyl/N-ethyl adjacent to an activating group) is 1. The van der Waals surface area contributed by atoms with Crippen molar-refractivity contribution in [3.63, 3.8) is 0 Å². The summed E-state index contributed by atoms with van der Waals surface area (Å²) in [6.45, 7) is 8.99. The minimum Gasteiger partial charge on any atom is -0.363 e. The Morgan fingerprint density at radius 3 is 2.21 bits per heavy atom. The van der Waals surface area contributed by atoms with Gasteiger partial charge in [0.15, 0.2) is 11.6 Å². The van der Waals surface area contributed by atoms with E-state index >= 15 is 0 Å². The summed E-state index contributed by atoms with van der Waals surface area (Å²) < 4.78 is 15.0. The Balaban J connectivity index is 1.84. The Bertz CT molecular complexity index is 1050. The van der Waals surface area contributed by atoms with Crippen molar-refractivity contribution in [2.45, 2.75) is 33.2 Å². The van der Waals surface area contributed by atoms with E-state index in [-0.39, 0.29) is 28.2 Å². The van der Waals surface area contributed by atoms with Gasteiger partial charge in [-0.3, -0.25) is 9.59 Å². The molecule has 0 N–H and O–H groups in total. The molecule has 1 aliphatic heterocycles. The van der Waals surface area contributed by atoms with E-state index in [1.54, 1.807) is 30.3 Å². The summed E-state index contributed by atoms with van der Waals surface area (Å²) in [5.41, 5.74) is 3.63. The fourth-order valence-corrected chi connectivity index (χ4v) is 4.36. The van der Waals surface area contributed by atoms with E-state index in [2.05, 4.69) is 24.8 Å². The molecule has 4 rings (SSSR count). The molecular weight excluding hydrogens is 353 g/mol. The molecule has 3 nitrogen and oxygen atoms in total. The first-order valence-corrected chi connectivity index (χ1v) is 9.45. The molecule has 0 bridgehead atoms. The zero-order chi connectivity index (χ0) is 20.2. The number of hydrogen-bond acceptors (Lipinski definition) is 3. The first kappa shape index (κ1) is 18.4. The summed E-state index contributed by atoms with van der Waals surface area (Å²) >= 11 is 0. The lowest BCUT2D eigenvalue weighted by atomic mass is 9.87. The quantitative estimate of drug-likeness (QED) is 0.527. The number of carbonyl (C=O) groups excluding carboxylic acids is 2. The van der Waals surface area contributed by atoms with Gasteiger partial charge in [0.2, 0.25) is 0 Å². The van der Waals surface area contributed by atoms with Gasteiger partial charge in [0.05, 0.1) is 11.1 Å². The van der Waals surface area contributed by atoms with Gasteiger partial charge in [-0.1, -0.05) is 30.3 Å². The largest absolute Gasteiger partial charge is 0.363 e. The average molecular weight is 375 g/mol. The van der Waals surface area contributed by atoms with E-state index in [1.165, 1.54) is 12.1 Å². The first-order valence-electron chi connectivity index (χ1n) is 9.45. The fraction of sp³-hybridized carbons (Fsp3) is 0.250. The molecule has 0 atom stereocenters. The molecule has 2 aliphatic rings. The van der Waals surface area contributed by atoms with E-state index in [9.17, 15) is 14.0 Å². The van der Waals surface area contributed by atoms with Crippen LogP contribution in [0.2, 0.25) is 0 Å². The zero-order valence-corrected chi connectivity index (χ0v) is 16.5. The van der Waals surface area contributed by atoms with Crippen LogP contribution in [0.15, 0.2) is 48.0 Å². The van der Waals surface area contributed by atoms with E-state index in [0.29, 0.717) is 11.1 Å². The maximum atomic E-state index is 15.0. The molecule has 0 saturated carbocycles. The monoisotopic (exact) mass is 375 g/mol. The predicted octanol–water partition coefficient (Wildman–Crippen LogP) is 5.31. The molecular formula is C24H22FNO2. The van der Waals surface area contributed by atoms with Crippen molar-refractivity contribution in [1.29, 1.82) is 0 Å². The number of hydrogen-bond donors (Lipinski definition) is 0. The van der Waals surface area contributed by atoms with Crippen LogP contribution in [0.3, 0.4) is 0 Å². The number of fused-ring (bicyclic) bond motifs is 2. The van der Waals surface area contributed by atoms with E-state index in [4.69, 9.17) is 0 Å². The summed E-state index contributed by atoms with van der Waals surface area (Å²) in [5.74, 6) is -1.13. The normalized spacial score (nSPS) is 17.4. The lowest BCUT2D eigenvalue weighted by Crippen LogP contribution is -2.45. The molecule has 0 amide bonds. The summed E-state index contributed by atoms with van der Waals surface area (Å²) in [6, 6.07) is 9.97. The van der Waals surface area contributed by atoms with Crippen molar-refractivity contribution in [2.24, 2.45) is 0 Å². The van der Waals surface area contributed by atoms with Crippen molar-refractivity contribution < 1.29 is 14.0 Å². The molecule has 142 valence electrons. The predicted molar refractivity (Wildman–Crippen MR) is 110 cm³/mol. The van der Waals surface area contributed by atoms with Gasteiger partial charge in [-0.15, -0.1) is 0 Å². The number of carbonyl (C=O) groups is 2. The van der Waals surface area contributed by atoms with Crippen molar-refractivity contribution in [1.82, 2.24) is 0 Å². The number of rotatable bonds is 2. The minimum atomic E-state index is -0.438. The minimum absolute atomic E-state index is 0.0187. The number of allylic oxidation sites excluding steroid dienone is 2. The van der Waals surface area contributed by atoms with Crippen LogP contribution < -0.4 is 4.90 Å². The lowest BCUT2D eigenvalue weighted by Gasteiger charge is -2.42. The number of nitrogens with zero attached hydrogens (tertiary/aromatic N) is 1. The zero-order valence-electron chi connectivity index (χ0n) is 16.5. The van der Waals surface area contributed by atoms with Crippen LogP contribution in [0.5, 0.6) is 0 Å². The van der Waals surface area contributed by atoms with Gasteiger partial charge in [0, 0.05) is 34.5 Å². The maximum absolute atomic E-state index is 15.0. The van der Waals surface area contributed by atoms with Gasteiger partial charge in [-0.2, -0.15) is 0 Å². The summed E-state index contributed by atoms with van der Waals surface area (Å²) in [5, 5.41) is 0. The Morgan fingerprint density at radius 1 is 1.04 bits per heavy atom. The second-order valence-electron chi connectivity index (χ2n) is 7.88. The topological polar surface area (TPSA) is 37.4 Å². The van der Waals surface area contributed by atoms with Gasteiger partial charge in [0.25, 0.3) is 0 Å². The average Bonchev–Trinajstić information content (AvgIpc) is 2.88. The molecule has 0 spiro atoms. The summed E-state index contributed by atoms with van der Waals surface area (Å²) in [4.78, 5) is 27.4. The molecule has 0 fully saturated rings. The third-order valence-electron chi connectivity index (χ3n) is 5.62. The Kier molecular flexibility index (Phi) is 4.11. The van der Waals surface area contributed by atoms with Crippen molar-refractivity contribution in [3.05, 3.63) is 76.1 Å². The van der Waals surface area contributed by atoms with Crippen LogP contribution in [0.25, 0.3) is 11.6 Å². The highest BCUT2D eigenvalue weighted by Gasteiger charge is 2.34. The second kappa shape index (κ2) is 6.26. The third kappa shape index (κ3) is 2.63. The molecule has 4 heteroatoms. The Hall–Kier alpha value is -3.01. The molecule has 28 heavy (non-hydrogen) atoms. The van der Waals surface area contributed by atoms with Gasteiger partial charge in [-0.25, -0.2) is 4.39 Å². The molecule has 0 aromatic heterocycles. The van der Waals surface area contributed by atoms with Crippen LogP contribution in [0, 0.1) is 5.82 Å². The molecule has 1 heterocycles. The van der Waals surface area contributed by atoms with Crippen LogP contribution >= 0.6 is 0 Å². The number of ketones is 2. The second-order valence-corrected chi connectivity index (χ2v) is 7.88. The smallest absolute Gasteiger partial charge is 0.197 e. The van der Waals surface area contributed by atoms with Crippen LogP contribution in [-0.2, 0) is 0 Å². The van der Waals surface area contributed by atoms with Gasteiger partial charge in [0.1, 0.15) is 5.82 Å². The molecule has 2 aromatic rings. The SMILES string of the molecule is CCN1c2cc(F)c(C=C3C(=O)c4ccccc4C3=O)cc2C(C)=CC1(C)C. The highest BCUT2D eigenvalue weighted by Crippen LogP contribution is 2.40. The molecule has 1 aliphatic carbocycles. The Morgan fingerprint density at radius 2 is 1.64 bits per heavy atom. The molecule has 0 unspecified atom stereocenters. The standard InChI is InChI=1S/C24H22FNO2/c1-5-26-21-12-20(25)15(10-18(21)14(2)13-24(26,3)4)11-19-22(27)16-8-6-7-9-17(16)23(19)28/h6-13H,5H2,1-4H3. The molecule has 0 saturated heterocycles.